The predicted molar refractivity (Wildman–Crippen MR) is 73.7 cm³/mol. The molecule has 0 fully saturated rings. The molecule has 0 aliphatic rings. The molecule has 0 amide bonds. The van der Waals surface area contributed by atoms with E-state index in [4.69, 9.17) is 5.73 Å². The van der Waals surface area contributed by atoms with Crippen LogP contribution in [0, 0.1) is 5.92 Å². The first-order chi connectivity index (χ1) is 7.69. The summed E-state index contributed by atoms with van der Waals surface area (Å²) < 4.78 is 0. The third kappa shape index (κ3) is 6.49. The van der Waals surface area contributed by atoms with E-state index < -0.39 is 0 Å². The molecule has 0 radical (unpaired) electrons. The summed E-state index contributed by atoms with van der Waals surface area (Å²) in [6.07, 6.45) is 6.35. The average molecular weight is 228 g/mol. The van der Waals surface area contributed by atoms with Crippen LogP contribution in [0.3, 0.4) is 0 Å². The molecule has 0 aromatic carbocycles. The van der Waals surface area contributed by atoms with Crippen LogP contribution in [0.4, 0.5) is 0 Å². The second kappa shape index (κ2) is 10.1. The first-order valence-corrected chi connectivity index (χ1v) is 7.13. The highest BCUT2D eigenvalue weighted by Gasteiger charge is 2.13. The van der Waals surface area contributed by atoms with Gasteiger partial charge in [-0.15, -0.1) is 0 Å². The molecular weight excluding hydrogens is 196 g/mol. The molecule has 2 atom stereocenters. The second-order valence-corrected chi connectivity index (χ2v) is 4.95. The lowest BCUT2D eigenvalue weighted by Gasteiger charge is -2.29. The fourth-order valence-corrected chi connectivity index (χ4v) is 2.01. The summed E-state index contributed by atoms with van der Waals surface area (Å²) in [7, 11) is 0. The van der Waals surface area contributed by atoms with Crippen molar-refractivity contribution >= 4 is 0 Å². The summed E-state index contributed by atoms with van der Waals surface area (Å²) >= 11 is 0. The van der Waals surface area contributed by atoms with Crippen molar-refractivity contribution in [2.75, 3.05) is 19.6 Å². The van der Waals surface area contributed by atoms with E-state index in [-0.39, 0.29) is 0 Å². The number of hydrogen-bond donors (Lipinski definition) is 1. The number of unbranched alkanes of at least 4 members (excludes halogenated alkanes) is 1. The lowest BCUT2D eigenvalue weighted by Crippen LogP contribution is -2.35. The highest BCUT2D eigenvalue weighted by atomic mass is 15.1. The lowest BCUT2D eigenvalue weighted by molar-refractivity contribution is 0.186. The van der Waals surface area contributed by atoms with Gasteiger partial charge in [0.1, 0.15) is 0 Å². The Hall–Kier alpha value is -0.0800. The molecule has 0 aromatic rings. The monoisotopic (exact) mass is 228 g/mol. The highest BCUT2D eigenvalue weighted by Crippen LogP contribution is 2.12. The van der Waals surface area contributed by atoms with Gasteiger partial charge in [-0.05, 0) is 51.7 Å². The molecule has 2 heteroatoms. The van der Waals surface area contributed by atoms with Crippen LogP contribution in [0.15, 0.2) is 0 Å². The van der Waals surface area contributed by atoms with Crippen LogP contribution in [0.25, 0.3) is 0 Å². The van der Waals surface area contributed by atoms with Crippen LogP contribution in [0.5, 0.6) is 0 Å². The molecule has 0 aliphatic heterocycles. The van der Waals surface area contributed by atoms with Gasteiger partial charge in [-0.25, -0.2) is 0 Å². The zero-order valence-electron chi connectivity index (χ0n) is 11.8. The molecule has 2 N–H and O–H groups in total. The minimum Gasteiger partial charge on any atom is -0.330 e. The maximum atomic E-state index is 5.76. The zero-order valence-corrected chi connectivity index (χ0v) is 11.8. The first kappa shape index (κ1) is 15.9. The van der Waals surface area contributed by atoms with Gasteiger partial charge in [0.2, 0.25) is 0 Å². The summed E-state index contributed by atoms with van der Waals surface area (Å²) in [6, 6.07) is 0.724. The smallest absolute Gasteiger partial charge is 0.00643 e. The largest absolute Gasteiger partial charge is 0.330 e. The van der Waals surface area contributed by atoms with E-state index in [9.17, 15) is 0 Å². The first-order valence-electron chi connectivity index (χ1n) is 7.13. The molecule has 0 bridgehead atoms. The molecule has 2 unspecified atom stereocenters. The van der Waals surface area contributed by atoms with Crippen LogP contribution < -0.4 is 5.73 Å². The topological polar surface area (TPSA) is 29.3 Å². The lowest BCUT2D eigenvalue weighted by atomic mass is 10.0. The SMILES string of the molecule is CCCCN(CCC(CC)CN)C(C)CC. The van der Waals surface area contributed by atoms with Gasteiger partial charge in [-0.3, -0.25) is 0 Å². The van der Waals surface area contributed by atoms with Crippen molar-refractivity contribution in [3.05, 3.63) is 0 Å². The zero-order chi connectivity index (χ0) is 12.4. The molecule has 2 nitrogen and oxygen atoms in total. The van der Waals surface area contributed by atoms with E-state index in [0.29, 0.717) is 5.92 Å². The van der Waals surface area contributed by atoms with E-state index in [0.717, 1.165) is 12.6 Å². The van der Waals surface area contributed by atoms with Crippen molar-refractivity contribution in [3.8, 4) is 0 Å². The molecular formula is C14H32N2. The Morgan fingerprint density at radius 1 is 1.06 bits per heavy atom. The second-order valence-electron chi connectivity index (χ2n) is 4.95. The molecule has 0 saturated carbocycles. The molecule has 98 valence electrons. The van der Waals surface area contributed by atoms with Gasteiger partial charge in [0.15, 0.2) is 0 Å². The molecule has 0 aliphatic carbocycles. The minimum absolute atomic E-state index is 0.716. The summed E-state index contributed by atoms with van der Waals surface area (Å²) in [5.41, 5.74) is 5.76. The molecule has 16 heavy (non-hydrogen) atoms. The van der Waals surface area contributed by atoms with Gasteiger partial charge in [0, 0.05) is 6.04 Å². The van der Waals surface area contributed by atoms with E-state index >= 15 is 0 Å². The Kier molecular flexibility index (Phi) is 10.0. The Bertz CT molecular complexity index is 144. The number of rotatable bonds is 10. The normalized spacial score (nSPS) is 15.4. The Labute approximate surface area is 103 Å². The molecule has 0 aromatic heterocycles. The predicted octanol–water partition coefficient (Wildman–Crippen LogP) is 3.26. The summed E-state index contributed by atoms with van der Waals surface area (Å²) in [4.78, 5) is 2.64. The molecule has 0 heterocycles. The van der Waals surface area contributed by atoms with Crippen LogP contribution in [0.1, 0.15) is 59.8 Å². The minimum atomic E-state index is 0.716. The van der Waals surface area contributed by atoms with Gasteiger partial charge < -0.3 is 10.6 Å². The van der Waals surface area contributed by atoms with Crippen molar-refractivity contribution < 1.29 is 0 Å². The quantitative estimate of drug-likeness (QED) is 0.622. The molecule has 0 rings (SSSR count). The Morgan fingerprint density at radius 3 is 2.19 bits per heavy atom. The third-order valence-corrected chi connectivity index (χ3v) is 3.75. The summed E-state index contributed by atoms with van der Waals surface area (Å²) in [6.45, 7) is 12.5. The van der Waals surface area contributed by atoms with Crippen LogP contribution in [0.2, 0.25) is 0 Å². The fraction of sp³-hybridized carbons (Fsp3) is 1.00. The van der Waals surface area contributed by atoms with Crippen molar-refractivity contribution in [3.63, 3.8) is 0 Å². The van der Waals surface area contributed by atoms with Gasteiger partial charge in [-0.1, -0.05) is 33.6 Å². The number of nitrogens with zero attached hydrogens (tertiary/aromatic N) is 1. The van der Waals surface area contributed by atoms with Crippen LogP contribution >= 0.6 is 0 Å². The van der Waals surface area contributed by atoms with Crippen molar-refractivity contribution in [1.29, 1.82) is 0 Å². The van der Waals surface area contributed by atoms with Crippen LogP contribution in [-0.2, 0) is 0 Å². The van der Waals surface area contributed by atoms with Crippen molar-refractivity contribution in [2.45, 2.75) is 65.8 Å². The van der Waals surface area contributed by atoms with Gasteiger partial charge in [0.25, 0.3) is 0 Å². The van der Waals surface area contributed by atoms with Gasteiger partial charge in [0.05, 0.1) is 0 Å². The number of hydrogen-bond acceptors (Lipinski definition) is 2. The van der Waals surface area contributed by atoms with E-state index in [1.54, 1.807) is 0 Å². The van der Waals surface area contributed by atoms with Gasteiger partial charge >= 0.3 is 0 Å². The van der Waals surface area contributed by atoms with Gasteiger partial charge in [-0.2, -0.15) is 0 Å². The maximum Gasteiger partial charge on any atom is 0.00643 e. The van der Waals surface area contributed by atoms with Crippen LogP contribution in [-0.4, -0.2) is 30.6 Å². The van der Waals surface area contributed by atoms with Crippen molar-refractivity contribution in [1.82, 2.24) is 4.90 Å². The van der Waals surface area contributed by atoms with E-state index in [1.807, 2.05) is 0 Å². The average Bonchev–Trinajstić information content (AvgIpc) is 2.33. The standard InChI is InChI=1S/C14H32N2/c1-5-8-10-16(13(4)6-2)11-9-14(7-3)12-15/h13-14H,5-12,15H2,1-4H3. The Balaban J connectivity index is 3.99. The highest BCUT2D eigenvalue weighted by molar-refractivity contribution is 4.68. The fourth-order valence-electron chi connectivity index (χ4n) is 2.01. The number of nitrogens with two attached hydrogens (primary N) is 1. The van der Waals surface area contributed by atoms with Crippen molar-refractivity contribution in [2.24, 2.45) is 11.7 Å². The maximum absolute atomic E-state index is 5.76. The van der Waals surface area contributed by atoms with E-state index in [2.05, 4.69) is 32.6 Å². The summed E-state index contributed by atoms with van der Waals surface area (Å²) in [5.74, 6) is 0.716. The molecule has 0 saturated heterocycles. The Morgan fingerprint density at radius 2 is 1.75 bits per heavy atom. The van der Waals surface area contributed by atoms with E-state index in [1.165, 1.54) is 45.2 Å². The third-order valence-electron chi connectivity index (χ3n) is 3.75. The summed E-state index contributed by atoms with van der Waals surface area (Å²) in [5, 5.41) is 0. The molecule has 0 spiro atoms.